The number of nitrogens with zero attached hydrogens (tertiary/aromatic N) is 1. The zero-order valence-electron chi connectivity index (χ0n) is 11.5. The van der Waals surface area contributed by atoms with E-state index in [2.05, 4.69) is 24.1 Å². The molecule has 4 nitrogen and oxygen atoms in total. The maximum atomic E-state index is 11.4. The van der Waals surface area contributed by atoms with Crippen molar-refractivity contribution in [2.75, 3.05) is 13.6 Å². The van der Waals surface area contributed by atoms with Crippen molar-refractivity contribution in [2.24, 2.45) is 0 Å². The standard InChI is InChI=1S/C13H26N2O2/c1-5-6-10(2)15(4)9-13(3,12(16)17)14-11-7-8-11/h10-11,14H,5-9H2,1-4H3,(H,16,17). The van der Waals surface area contributed by atoms with Gasteiger partial charge < -0.3 is 10.0 Å². The first-order valence-electron chi connectivity index (χ1n) is 6.60. The number of nitrogens with one attached hydrogen (secondary N) is 1. The average molecular weight is 242 g/mol. The number of carboxylic acid groups (broad SMARTS) is 1. The smallest absolute Gasteiger partial charge is 0.324 e. The molecule has 4 heteroatoms. The van der Waals surface area contributed by atoms with Gasteiger partial charge in [-0.1, -0.05) is 13.3 Å². The molecule has 0 aromatic carbocycles. The second-order valence-corrected chi connectivity index (χ2v) is 5.61. The molecule has 1 aliphatic carbocycles. The zero-order valence-corrected chi connectivity index (χ0v) is 11.5. The maximum Gasteiger partial charge on any atom is 0.324 e. The van der Waals surface area contributed by atoms with Crippen LogP contribution in [0.25, 0.3) is 0 Å². The van der Waals surface area contributed by atoms with Gasteiger partial charge in [-0.25, -0.2) is 0 Å². The normalized spacial score (nSPS) is 21.2. The van der Waals surface area contributed by atoms with E-state index < -0.39 is 11.5 Å². The van der Waals surface area contributed by atoms with Crippen molar-refractivity contribution in [2.45, 2.75) is 64.1 Å². The van der Waals surface area contributed by atoms with Crippen LogP contribution in [0.5, 0.6) is 0 Å². The van der Waals surface area contributed by atoms with E-state index in [9.17, 15) is 9.90 Å². The Morgan fingerprint density at radius 1 is 1.59 bits per heavy atom. The highest BCUT2D eigenvalue weighted by Gasteiger charge is 2.39. The van der Waals surface area contributed by atoms with E-state index in [-0.39, 0.29) is 0 Å². The first-order valence-corrected chi connectivity index (χ1v) is 6.60. The third kappa shape index (κ3) is 4.28. The van der Waals surface area contributed by atoms with Crippen LogP contribution in [0, 0.1) is 0 Å². The van der Waals surface area contributed by atoms with Gasteiger partial charge in [0.1, 0.15) is 5.54 Å². The zero-order chi connectivity index (χ0) is 13.1. The lowest BCUT2D eigenvalue weighted by atomic mass is 10.0. The van der Waals surface area contributed by atoms with Crippen LogP contribution in [0.3, 0.4) is 0 Å². The minimum absolute atomic E-state index is 0.408. The number of carboxylic acids is 1. The van der Waals surface area contributed by atoms with Gasteiger partial charge in [0.15, 0.2) is 0 Å². The largest absolute Gasteiger partial charge is 0.480 e. The molecule has 1 rings (SSSR count). The summed E-state index contributed by atoms with van der Waals surface area (Å²) in [5.41, 5.74) is -0.822. The van der Waals surface area contributed by atoms with Crippen molar-refractivity contribution in [3.8, 4) is 0 Å². The molecule has 1 fully saturated rings. The molecule has 0 saturated heterocycles. The van der Waals surface area contributed by atoms with Gasteiger partial charge in [0, 0.05) is 18.6 Å². The van der Waals surface area contributed by atoms with Crippen molar-refractivity contribution in [1.29, 1.82) is 0 Å². The molecule has 1 saturated carbocycles. The molecule has 1 aliphatic rings. The number of aliphatic carboxylic acids is 1. The molecule has 0 aromatic rings. The van der Waals surface area contributed by atoms with Crippen LogP contribution in [0.1, 0.15) is 46.5 Å². The van der Waals surface area contributed by atoms with Crippen molar-refractivity contribution in [3.05, 3.63) is 0 Å². The lowest BCUT2D eigenvalue weighted by Crippen LogP contribution is -2.58. The second kappa shape index (κ2) is 5.83. The average Bonchev–Trinajstić information content (AvgIpc) is 3.01. The Kier molecular flexibility index (Phi) is 4.95. The second-order valence-electron chi connectivity index (χ2n) is 5.61. The molecule has 0 radical (unpaired) electrons. The minimum atomic E-state index is -0.822. The van der Waals surface area contributed by atoms with Gasteiger partial charge in [-0.2, -0.15) is 0 Å². The van der Waals surface area contributed by atoms with Crippen molar-refractivity contribution in [3.63, 3.8) is 0 Å². The van der Waals surface area contributed by atoms with Crippen LogP contribution < -0.4 is 5.32 Å². The summed E-state index contributed by atoms with van der Waals surface area (Å²) in [7, 11) is 2.01. The van der Waals surface area contributed by atoms with Crippen molar-refractivity contribution >= 4 is 5.97 Å². The number of hydrogen-bond donors (Lipinski definition) is 2. The summed E-state index contributed by atoms with van der Waals surface area (Å²) in [4.78, 5) is 13.6. The highest BCUT2D eigenvalue weighted by atomic mass is 16.4. The molecule has 100 valence electrons. The van der Waals surface area contributed by atoms with Gasteiger partial charge >= 0.3 is 5.97 Å². The summed E-state index contributed by atoms with van der Waals surface area (Å²) in [6.45, 7) is 6.66. The summed E-state index contributed by atoms with van der Waals surface area (Å²) in [6, 6.07) is 0.839. The fourth-order valence-electron chi connectivity index (χ4n) is 2.15. The maximum absolute atomic E-state index is 11.4. The predicted octanol–water partition coefficient (Wildman–Crippen LogP) is 1.70. The van der Waals surface area contributed by atoms with Gasteiger partial charge in [0.05, 0.1) is 0 Å². The molecule has 0 amide bonds. The molecule has 2 N–H and O–H groups in total. The van der Waals surface area contributed by atoms with Gasteiger partial charge in [0.25, 0.3) is 0 Å². The Morgan fingerprint density at radius 2 is 2.18 bits per heavy atom. The van der Waals surface area contributed by atoms with Crippen molar-refractivity contribution < 1.29 is 9.90 Å². The quantitative estimate of drug-likeness (QED) is 0.680. The lowest BCUT2D eigenvalue weighted by molar-refractivity contribution is -0.145. The molecule has 0 spiro atoms. The Hall–Kier alpha value is -0.610. The summed E-state index contributed by atoms with van der Waals surface area (Å²) >= 11 is 0. The topological polar surface area (TPSA) is 52.6 Å². The molecule has 2 atom stereocenters. The fourth-order valence-corrected chi connectivity index (χ4v) is 2.15. The predicted molar refractivity (Wildman–Crippen MR) is 69.2 cm³/mol. The van der Waals surface area contributed by atoms with E-state index in [4.69, 9.17) is 0 Å². The SMILES string of the molecule is CCCC(C)N(C)CC(C)(NC1CC1)C(=O)O. The highest BCUT2D eigenvalue weighted by molar-refractivity contribution is 5.78. The lowest BCUT2D eigenvalue weighted by Gasteiger charge is -2.34. The van der Waals surface area contributed by atoms with Crippen LogP contribution in [-0.4, -0.2) is 47.2 Å². The molecule has 17 heavy (non-hydrogen) atoms. The molecular formula is C13H26N2O2. The monoisotopic (exact) mass is 242 g/mol. The van der Waals surface area contributed by atoms with Crippen LogP contribution >= 0.6 is 0 Å². The van der Waals surface area contributed by atoms with Gasteiger partial charge in [-0.15, -0.1) is 0 Å². The summed E-state index contributed by atoms with van der Waals surface area (Å²) in [6.07, 6.45) is 4.45. The van der Waals surface area contributed by atoms with Crippen LogP contribution in [0.2, 0.25) is 0 Å². The molecule has 2 unspecified atom stereocenters. The Labute approximate surface area is 104 Å². The first kappa shape index (κ1) is 14.5. The minimum Gasteiger partial charge on any atom is -0.480 e. The van der Waals surface area contributed by atoms with Crippen LogP contribution in [0.4, 0.5) is 0 Å². The first-order chi connectivity index (χ1) is 7.89. The molecule has 0 aliphatic heterocycles. The van der Waals surface area contributed by atoms with E-state index in [0.717, 1.165) is 25.7 Å². The number of carbonyl (C=O) groups is 1. The summed E-state index contributed by atoms with van der Waals surface area (Å²) in [5, 5.41) is 12.6. The Bertz CT molecular complexity index is 266. The van der Waals surface area contributed by atoms with E-state index in [1.165, 1.54) is 0 Å². The third-order valence-corrected chi connectivity index (χ3v) is 3.60. The third-order valence-electron chi connectivity index (χ3n) is 3.60. The highest BCUT2D eigenvalue weighted by Crippen LogP contribution is 2.23. The van der Waals surface area contributed by atoms with Gasteiger partial charge in [-0.3, -0.25) is 10.1 Å². The van der Waals surface area contributed by atoms with E-state index in [1.54, 1.807) is 6.92 Å². The number of rotatable bonds is 8. The Morgan fingerprint density at radius 3 is 2.59 bits per heavy atom. The molecular weight excluding hydrogens is 216 g/mol. The van der Waals surface area contributed by atoms with Gasteiger partial charge in [-0.05, 0) is 40.2 Å². The molecule has 0 aromatic heterocycles. The van der Waals surface area contributed by atoms with Gasteiger partial charge in [0.2, 0.25) is 0 Å². The molecule has 0 bridgehead atoms. The molecule has 0 heterocycles. The number of likely N-dealkylation sites (N-methyl/N-ethyl adjacent to an activating group) is 1. The fraction of sp³-hybridized carbons (Fsp3) is 0.923. The number of hydrogen-bond acceptors (Lipinski definition) is 3. The summed E-state index contributed by atoms with van der Waals surface area (Å²) < 4.78 is 0. The summed E-state index contributed by atoms with van der Waals surface area (Å²) in [5.74, 6) is -0.750. The van der Waals surface area contributed by atoms with Crippen LogP contribution in [0.15, 0.2) is 0 Å². The van der Waals surface area contributed by atoms with Crippen molar-refractivity contribution in [1.82, 2.24) is 10.2 Å². The van der Waals surface area contributed by atoms with Crippen LogP contribution in [-0.2, 0) is 4.79 Å². The van der Waals surface area contributed by atoms with E-state index in [1.807, 2.05) is 7.05 Å². The Balaban J connectivity index is 2.55. The van der Waals surface area contributed by atoms with E-state index >= 15 is 0 Å². The van der Waals surface area contributed by atoms with E-state index in [0.29, 0.717) is 18.6 Å².